The zero-order valence-electron chi connectivity index (χ0n) is 15.2. The van der Waals surface area contributed by atoms with Crippen molar-refractivity contribution >= 4 is 98.5 Å². The molecule has 1 saturated heterocycles. The summed E-state index contributed by atoms with van der Waals surface area (Å²) < 4.78 is 0. The molecule has 0 radical (unpaired) electrons. The van der Waals surface area contributed by atoms with Gasteiger partial charge in [-0.05, 0) is 48.6 Å². The molecule has 31 heavy (non-hydrogen) atoms. The van der Waals surface area contributed by atoms with Gasteiger partial charge in [-0.2, -0.15) is 5.10 Å². The van der Waals surface area contributed by atoms with Crippen molar-refractivity contribution in [2.45, 2.75) is 0 Å². The van der Waals surface area contributed by atoms with Crippen molar-refractivity contribution in [2.24, 2.45) is 16.8 Å². The van der Waals surface area contributed by atoms with Gasteiger partial charge in [-0.3, -0.25) is 19.8 Å². The van der Waals surface area contributed by atoms with Gasteiger partial charge in [-0.1, -0.05) is 46.4 Å². The summed E-state index contributed by atoms with van der Waals surface area (Å²) in [5.41, 5.74) is 7.35. The second kappa shape index (κ2) is 9.37. The van der Waals surface area contributed by atoms with E-state index in [4.69, 9.17) is 52.1 Å². The number of hydrogen-bond donors (Lipinski definition) is 3. The highest BCUT2D eigenvalue weighted by Crippen LogP contribution is 2.34. The largest absolute Gasteiger partial charge is 0.375 e. The van der Waals surface area contributed by atoms with E-state index in [0.29, 0.717) is 10.0 Å². The minimum atomic E-state index is -1.63. The molecule has 1 aliphatic rings. The topological polar surface area (TPSA) is 117 Å². The third kappa shape index (κ3) is 4.91. The van der Waals surface area contributed by atoms with E-state index in [9.17, 15) is 14.4 Å². The summed E-state index contributed by atoms with van der Waals surface area (Å²) >= 11 is 28.6. The Morgan fingerprint density at radius 3 is 2.23 bits per heavy atom. The Labute approximate surface area is 201 Å². The number of halogens is 4. The molecule has 0 saturated carbocycles. The van der Waals surface area contributed by atoms with Crippen LogP contribution in [0.15, 0.2) is 41.5 Å². The van der Waals surface area contributed by atoms with E-state index >= 15 is 0 Å². The highest BCUT2D eigenvalue weighted by atomic mass is 35.5. The predicted octanol–water partition coefficient (Wildman–Crippen LogP) is 3.62. The zero-order valence-corrected chi connectivity index (χ0v) is 19.0. The van der Waals surface area contributed by atoms with Crippen LogP contribution in [-0.2, 0) is 14.4 Å². The maximum atomic E-state index is 13.1. The monoisotopic (exact) mass is 517 g/mol. The lowest BCUT2D eigenvalue weighted by atomic mass is 10.0. The molecule has 0 aromatic heterocycles. The number of hydrazone groups is 1. The first kappa shape index (κ1) is 23.2. The van der Waals surface area contributed by atoms with E-state index < -0.39 is 29.4 Å². The Bertz CT molecular complexity index is 1160. The molecule has 2 aromatic rings. The molecule has 0 bridgehead atoms. The first-order valence-electron chi connectivity index (χ1n) is 8.32. The SMILES string of the molecule is NC(=S)N/N=C1\C(=O)N(c2ccc(Cl)cc2Cl)C(=O)C1C(=O)Nc1ccc(Cl)cc1Cl. The number of carbonyl (C=O) groups is 3. The van der Waals surface area contributed by atoms with Crippen LogP contribution in [0.25, 0.3) is 0 Å². The molecule has 1 atom stereocenters. The van der Waals surface area contributed by atoms with Gasteiger partial charge in [0.05, 0.1) is 21.4 Å². The van der Waals surface area contributed by atoms with Crippen molar-refractivity contribution in [2.75, 3.05) is 10.2 Å². The van der Waals surface area contributed by atoms with E-state index in [1.54, 1.807) is 0 Å². The average molecular weight is 519 g/mol. The Morgan fingerprint density at radius 1 is 1.03 bits per heavy atom. The smallest absolute Gasteiger partial charge is 0.282 e. The van der Waals surface area contributed by atoms with Crippen molar-refractivity contribution in [3.63, 3.8) is 0 Å². The van der Waals surface area contributed by atoms with Crippen molar-refractivity contribution < 1.29 is 14.4 Å². The van der Waals surface area contributed by atoms with Gasteiger partial charge in [-0.25, -0.2) is 4.90 Å². The number of carbonyl (C=O) groups excluding carboxylic acids is 3. The average Bonchev–Trinajstić information content (AvgIpc) is 2.92. The normalized spacial score (nSPS) is 17.2. The van der Waals surface area contributed by atoms with Crippen LogP contribution in [0, 0.1) is 5.92 Å². The highest BCUT2D eigenvalue weighted by molar-refractivity contribution is 7.80. The molecule has 0 aliphatic carbocycles. The third-order valence-corrected chi connectivity index (χ3v) is 5.23. The minimum Gasteiger partial charge on any atom is -0.375 e. The molecular weight excluding hydrogens is 508 g/mol. The number of anilines is 2. The molecule has 3 amide bonds. The van der Waals surface area contributed by atoms with Gasteiger partial charge in [-0.15, -0.1) is 0 Å². The predicted molar refractivity (Wildman–Crippen MR) is 125 cm³/mol. The van der Waals surface area contributed by atoms with Crippen LogP contribution in [0.5, 0.6) is 0 Å². The molecule has 1 heterocycles. The van der Waals surface area contributed by atoms with Gasteiger partial charge in [0.25, 0.3) is 11.8 Å². The molecule has 3 rings (SSSR count). The maximum Gasteiger partial charge on any atom is 0.282 e. The van der Waals surface area contributed by atoms with Crippen molar-refractivity contribution in [3.8, 4) is 0 Å². The number of nitrogens with two attached hydrogens (primary N) is 1. The second-order valence-electron chi connectivity index (χ2n) is 6.09. The van der Waals surface area contributed by atoms with Gasteiger partial charge in [0, 0.05) is 10.0 Å². The van der Waals surface area contributed by atoms with E-state index in [1.807, 2.05) is 0 Å². The van der Waals surface area contributed by atoms with Gasteiger partial charge in [0.2, 0.25) is 5.91 Å². The Hall–Kier alpha value is -2.43. The van der Waals surface area contributed by atoms with Crippen molar-refractivity contribution in [1.82, 2.24) is 5.43 Å². The van der Waals surface area contributed by atoms with E-state index in [2.05, 4.69) is 28.1 Å². The van der Waals surface area contributed by atoms with E-state index in [0.717, 1.165) is 4.90 Å². The lowest BCUT2D eigenvalue weighted by Crippen LogP contribution is -2.35. The number of thiocarbonyl (C=S) groups is 1. The van der Waals surface area contributed by atoms with Crippen LogP contribution in [0.4, 0.5) is 11.4 Å². The number of rotatable bonds is 4. The Balaban J connectivity index is 2.02. The fraction of sp³-hybridized carbons (Fsp3) is 0.0556. The van der Waals surface area contributed by atoms with Crippen LogP contribution in [-0.4, -0.2) is 28.5 Å². The van der Waals surface area contributed by atoms with Crippen LogP contribution >= 0.6 is 58.6 Å². The fourth-order valence-corrected chi connectivity index (χ4v) is 3.73. The van der Waals surface area contributed by atoms with Crippen molar-refractivity contribution in [3.05, 3.63) is 56.5 Å². The van der Waals surface area contributed by atoms with Gasteiger partial charge in [0.1, 0.15) is 5.71 Å². The molecular formula is C18H11Cl4N5O3S. The first-order valence-corrected chi connectivity index (χ1v) is 10.2. The lowest BCUT2D eigenvalue weighted by molar-refractivity contribution is -0.127. The summed E-state index contributed by atoms with van der Waals surface area (Å²) in [7, 11) is 0. The Morgan fingerprint density at radius 2 is 1.65 bits per heavy atom. The fourth-order valence-electron chi connectivity index (χ4n) is 2.73. The van der Waals surface area contributed by atoms with E-state index in [-0.39, 0.29) is 26.5 Å². The summed E-state index contributed by atoms with van der Waals surface area (Å²) in [5.74, 6) is -4.27. The molecule has 1 aliphatic heterocycles. The summed E-state index contributed by atoms with van der Waals surface area (Å²) in [5, 5.41) is 6.79. The standard InChI is InChI=1S/C18H11Cl4N5O3S/c19-7-1-3-11(9(21)5-7)24-15(28)13-14(25-26-18(23)31)17(30)27(16(13)29)12-4-2-8(20)6-10(12)22/h1-6,13H,(H,24,28)(H3,23,26,31)/b25-14-. The number of nitrogens with zero attached hydrogens (tertiary/aromatic N) is 2. The van der Waals surface area contributed by atoms with Crippen LogP contribution in [0.1, 0.15) is 0 Å². The highest BCUT2D eigenvalue weighted by Gasteiger charge is 2.50. The molecule has 0 spiro atoms. The van der Waals surface area contributed by atoms with Crippen LogP contribution < -0.4 is 21.4 Å². The van der Waals surface area contributed by atoms with Crippen molar-refractivity contribution in [1.29, 1.82) is 0 Å². The first-order chi connectivity index (χ1) is 14.6. The number of nitrogens with one attached hydrogen (secondary N) is 2. The second-order valence-corrected chi connectivity index (χ2v) is 8.22. The van der Waals surface area contributed by atoms with Gasteiger partial charge < -0.3 is 11.1 Å². The molecule has 4 N–H and O–H groups in total. The van der Waals surface area contributed by atoms with Gasteiger partial charge in [0.15, 0.2) is 11.0 Å². The lowest BCUT2D eigenvalue weighted by Gasteiger charge is -2.16. The summed E-state index contributed by atoms with van der Waals surface area (Å²) in [6, 6.07) is 8.51. The summed E-state index contributed by atoms with van der Waals surface area (Å²) in [6.07, 6.45) is 0. The Kier molecular flexibility index (Phi) is 7.03. The zero-order chi connectivity index (χ0) is 22.9. The minimum absolute atomic E-state index is 0.0256. The van der Waals surface area contributed by atoms with Gasteiger partial charge >= 0.3 is 0 Å². The number of imide groups is 1. The third-order valence-electron chi connectivity index (χ3n) is 4.05. The molecule has 13 heteroatoms. The number of hydrogen-bond acceptors (Lipinski definition) is 5. The molecule has 2 aromatic carbocycles. The number of amides is 3. The maximum absolute atomic E-state index is 13.1. The summed E-state index contributed by atoms with van der Waals surface area (Å²) in [6.45, 7) is 0. The molecule has 160 valence electrons. The van der Waals surface area contributed by atoms with E-state index in [1.165, 1.54) is 36.4 Å². The quantitative estimate of drug-likeness (QED) is 0.246. The number of benzene rings is 2. The summed E-state index contributed by atoms with van der Waals surface area (Å²) in [4.78, 5) is 39.8. The molecule has 1 unspecified atom stereocenters. The van der Waals surface area contributed by atoms with Crippen LogP contribution in [0.2, 0.25) is 20.1 Å². The molecule has 8 nitrogen and oxygen atoms in total. The van der Waals surface area contributed by atoms with Crippen LogP contribution in [0.3, 0.4) is 0 Å². The molecule has 1 fully saturated rings.